The summed E-state index contributed by atoms with van der Waals surface area (Å²) in [5.74, 6) is -0.132. The van der Waals surface area contributed by atoms with Crippen LogP contribution < -0.4 is 15.5 Å². The van der Waals surface area contributed by atoms with Crippen molar-refractivity contribution in [1.29, 1.82) is 0 Å². The number of carbonyl (C=O) groups excluding carboxylic acids is 2. The molecule has 0 fully saturated rings. The van der Waals surface area contributed by atoms with Gasteiger partial charge < -0.3 is 10.1 Å². The van der Waals surface area contributed by atoms with Crippen LogP contribution in [0, 0.1) is 5.92 Å². The Bertz CT molecular complexity index is 867. The van der Waals surface area contributed by atoms with Crippen LogP contribution in [0.2, 0.25) is 0 Å². The Kier molecular flexibility index (Phi) is 8.39. The highest BCUT2D eigenvalue weighted by atomic mass is 79.9. The van der Waals surface area contributed by atoms with Gasteiger partial charge in [-0.15, -0.1) is 0 Å². The van der Waals surface area contributed by atoms with Crippen LogP contribution in [0.4, 0.5) is 0 Å². The second-order valence-electron chi connectivity index (χ2n) is 7.14. The van der Waals surface area contributed by atoms with E-state index in [1.54, 1.807) is 24.3 Å². The summed E-state index contributed by atoms with van der Waals surface area (Å²) in [6, 6.07) is 13.6. The molecule has 2 rings (SSSR count). The summed E-state index contributed by atoms with van der Waals surface area (Å²) in [5.41, 5.74) is 3.74. The molecule has 2 N–H and O–H groups in total. The first kappa shape index (κ1) is 22.6. The summed E-state index contributed by atoms with van der Waals surface area (Å²) < 4.78 is 6.64. The van der Waals surface area contributed by atoms with E-state index < -0.39 is 6.04 Å². The van der Waals surface area contributed by atoms with E-state index >= 15 is 0 Å². The van der Waals surface area contributed by atoms with Gasteiger partial charge in [-0.25, -0.2) is 5.43 Å². The van der Waals surface area contributed by atoms with Crippen LogP contribution in [0.1, 0.15) is 43.6 Å². The van der Waals surface area contributed by atoms with Crippen LogP contribution in [0.3, 0.4) is 0 Å². The standard InChI is InChI=1S/C22H26BrN3O3/c1-14(2)20(25-21(27)16-8-6-5-7-9-16)22(28)26-24-13-17-12-18(23)10-11-19(17)29-15(3)4/h5-15,20H,1-4H3,(H,25,27)(H,26,28). The lowest BCUT2D eigenvalue weighted by molar-refractivity contribution is -0.123. The van der Waals surface area contributed by atoms with Gasteiger partial charge in [0.15, 0.2) is 0 Å². The highest BCUT2D eigenvalue weighted by Crippen LogP contribution is 2.22. The minimum atomic E-state index is -0.714. The van der Waals surface area contributed by atoms with E-state index in [0.717, 1.165) is 10.0 Å². The lowest BCUT2D eigenvalue weighted by Gasteiger charge is -2.20. The second-order valence-corrected chi connectivity index (χ2v) is 8.06. The van der Waals surface area contributed by atoms with Gasteiger partial charge in [0.2, 0.25) is 0 Å². The van der Waals surface area contributed by atoms with Crippen LogP contribution in [0.25, 0.3) is 0 Å². The molecular formula is C22H26BrN3O3. The van der Waals surface area contributed by atoms with Crippen LogP contribution in [0.15, 0.2) is 58.1 Å². The van der Waals surface area contributed by atoms with E-state index in [9.17, 15) is 9.59 Å². The number of rotatable bonds is 8. The number of hydrogen-bond acceptors (Lipinski definition) is 4. The lowest BCUT2D eigenvalue weighted by Crippen LogP contribution is -2.48. The van der Waals surface area contributed by atoms with Gasteiger partial charge in [-0.1, -0.05) is 48.0 Å². The van der Waals surface area contributed by atoms with Crippen molar-refractivity contribution < 1.29 is 14.3 Å². The molecule has 1 unspecified atom stereocenters. The molecule has 1 atom stereocenters. The number of hydrogen-bond donors (Lipinski definition) is 2. The number of nitrogens with one attached hydrogen (secondary N) is 2. The molecule has 7 heteroatoms. The average Bonchev–Trinajstić information content (AvgIpc) is 2.68. The van der Waals surface area contributed by atoms with Crippen LogP contribution in [-0.2, 0) is 4.79 Å². The third kappa shape index (κ3) is 7.02. The van der Waals surface area contributed by atoms with Gasteiger partial charge in [0, 0.05) is 15.6 Å². The Morgan fingerprint density at radius 1 is 1.07 bits per heavy atom. The Morgan fingerprint density at radius 2 is 1.76 bits per heavy atom. The molecule has 0 saturated heterocycles. The van der Waals surface area contributed by atoms with E-state index in [0.29, 0.717) is 11.3 Å². The molecule has 0 radical (unpaired) electrons. The molecule has 0 aliphatic heterocycles. The lowest BCUT2D eigenvalue weighted by atomic mass is 10.0. The van der Waals surface area contributed by atoms with Crippen molar-refractivity contribution >= 4 is 34.0 Å². The monoisotopic (exact) mass is 459 g/mol. The molecular weight excluding hydrogens is 434 g/mol. The first-order chi connectivity index (χ1) is 13.8. The first-order valence-corrected chi connectivity index (χ1v) is 10.2. The normalized spacial score (nSPS) is 12.2. The van der Waals surface area contributed by atoms with Crippen molar-refractivity contribution in [3.63, 3.8) is 0 Å². The number of ether oxygens (including phenoxy) is 1. The molecule has 6 nitrogen and oxygen atoms in total. The summed E-state index contributed by atoms with van der Waals surface area (Å²) >= 11 is 3.42. The molecule has 154 valence electrons. The Labute approximate surface area is 179 Å². The molecule has 2 aromatic rings. The number of halogens is 1. The third-order valence-electron chi connectivity index (χ3n) is 3.98. The van der Waals surface area contributed by atoms with Gasteiger partial charge in [0.25, 0.3) is 11.8 Å². The minimum Gasteiger partial charge on any atom is -0.490 e. The van der Waals surface area contributed by atoms with Gasteiger partial charge >= 0.3 is 0 Å². The number of carbonyl (C=O) groups is 2. The Morgan fingerprint density at radius 3 is 2.38 bits per heavy atom. The van der Waals surface area contributed by atoms with Gasteiger partial charge in [0.1, 0.15) is 11.8 Å². The number of amides is 2. The summed E-state index contributed by atoms with van der Waals surface area (Å²) in [6.45, 7) is 7.60. The van der Waals surface area contributed by atoms with Gasteiger partial charge in [-0.05, 0) is 50.1 Å². The summed E-state index contributed by atoms with van der Waals surface area (Å²) in [6.07, 6.45) is 1.54. The van der Waals surface area contributed by atoms with E-state index in [-0.39, 0.29) is 23.8 Å². The Hall–Kier alpha value is -2.67. The maximum atomic E-state index is 12.6. The van der Waals surface area contributed by atoms with Crippen LogP contribution in [-0.4, -0.2) is 30.2 Å². The van der Waals surface area contributed by atoms with E-state index in [4.69, 9.17) is 4.74 Å². The second kappa shape index (κ2) is 10.8. The first-order valence-electron chi connectivity index (χ1n) is 9.43. The molecule has 0 saturated carbocycles. The van der Waals surface area contributed by atoms with E-state index in [1.165, 1.54) is 6.21 Å². The predicted octanol–water partition coefficient (Wildman–Crippen LogP) is 4.14. The van der Waals surface area contributed by atoms with Crippen LogP contribution in [0.5, 0.6) is 5.75 Å². The summed E-state index contributed by atoms with van der Waals surface area (Å²) in [7, 11) is 0. The van der Waals surface area contributed by atoms with Crippen molar-refractivity contribution in [2.75, 3.05) is 0 Å². The molecule has 0 spiro atoms. The minimum absolute atomic E-state index is 0.0106. The zero-order valence-corrected chi connectivity index (χ0v) is 18.6. The van der Waals surface area contributed by atoms with E-state index in [1.807, 2.05) is 52.0 Å². The molecule has 0 aromatic heterocycles. The molecule has 29 heavy (non-hydrogen) atoms. The topological polar surface area (TPSA) is 79.8 Å². The Balaban J connectivity index is 2.07. The number of hydrazone groups is 1. The molecule has 0 aliphatic carbocycles. The van der Waals surface area contributed by atoms with Crippen molar-refractivity contribution in [3.05, 3.63) is 64.1 Å². The zero-order valence-electron chi connectivity index (χ0n) is 17.0. The maximum absolute atomic E-state index is 12.6. The smallest absolute Gasteiger partial charge is 0.262 e. The third-order valence-corrected chi connectivity index (χ3v) is 4.48. The number of nitrogens with zero attached hydrogens (tertiary/aromatic N) is 1. The quantitative estimate of drug-likeness (QED) is 0.459. The number of benzene rings is 2. The van der Waals surface area contributed by atoms with Crippen molar-refractivity contribution in [2.24, 2.45) is 11.0 Å². The fourth-order valence-electron chi connectivity index (χ4n) is 2.57. The maximum Gasteiger partial charge on any atom is 0.262 e. The predicted molar refractivity (Wildman–Crippen MR) is 118 cm³/mol. The highest BCUT2D eigenvalue weighted by Gasteiger charge is 2.24. The summed E-state index contributed by atoms with van der Waals surface area (Å²) in [4.78, 5) is 25.0. The molecule has 2 amide bonds. The van der Waals surface area contributed by atoms with E-state index in [2.05, 4.69) is 31.8 Å². The van der Waals surface area contributed by atoms with Gasteiger partial charge in [-0.2, -0.15) is 5.10 Å². The largest absolute Gasteiger partial charge is 0.490 e. The fourth-order valence-corrected chi connectivity index (χ4v) is 2.94. The molecule has 0 aliphatic rings. The molecule has 0 heterocycles. The van der Waals surface area contributed by atoms with Crippen molar-refractivity contribution in [1.82, 2.24) is 10.7 Å². The molecule has 0 bridgehead atoms. The van der Waals surface area contributed by atoms with Crippen molar-refractivity contribution in [3.8, 4) is 5.75 Å². The SMILES string of the molecule is CC(C)Oc1ccc(Br)cc1C=NNC(=O)C(NC(=O)c1ccccc1)C(C)C. The van der Waals surface area contributed by atoms with Gasteiger partial charge in [-0.3, -0.25) is 9.59 Å². The zero-order chi connectivity index (χ0) is 21.4. The summed E-state index contributed by atoms with van der Waals surface area (Å²) in [5, 5.41) is 6.83. The van der Waals surface area contributed by atoms with Gasteiger partial charge in [0.05, 0.1) is 12.3 Å². The fraction of sp³-hybridized carbons (Fsp3) is 0.318. The van der Waals surface area contributed by atoms with Crippen molar-refractivity contribution in [2.45, 2.75) is 39.8 Å². The highest BCUT2D eigenvalue weighted by molar-refractivity contribution is 9.10. The molecule has 2 aromatic carbocycles. The van der Waals surface area contributed by atoms with Crippen LogP contribution >= 0.6 is 15.9 Å². The average molecular weight is 460 g/mol.